The molecule has 1 fully saturated rings. The van der Waals surface area contributed by atoms with Gasteiger partial charge in [-0.2, -0.15) is 5.21 Å². The van der Waals surface area contributed by atoms with Crippen molar-refractivity contribution in [2.24, 2.45) is 0 Å². The summed E-state index contributed by atoms with van der Waals surface area (Å²) in [5.41, 5.74) is 14.1. The average Bonchev–Trinajstić information content (AvgIpc) is 3.49. The Morgan fingerprint density at radius 1 is 0.973 bits per heavy atom. The van der Waals surface area contributed by atoms with Crippen LogP contribution in [0, 0.1) is 20.8 Å². The van der Waals surface area contributed by atoms with Crippen LogP contribution in [0.5, 0.6) is 0 Å². The Kier molecular flexibility index (Phi) is 4.90. The fourth-order valence-corrected chi connectivity index (χ4v) is 6.00. The van der Waals surface area contributed by atoms with E-state index in [9.17, 15) is 0 Å². The molecule has 0 amide bonds. The Labute approximate surface area is 215 Å². The Balaban J connectivity index is 1.50. The van der Waals surface area contributed by atoms with Crippen molar-refractivity contribution in [1.29, 1.82) is 0 Å². The minimum absolute atomic E-state index is 0.507. The molecule has 0 bridgehead atoms. The maximum atomic E-state index is 5.14. The smallest absolute Gasteiger partial charge is 0.201 e. The summed E-state index contributed by atoms with van der Waals surface area (Å²) < 4.78 is 2.34. The molecule has 7 heteroatoms. The minimum atomic E-state index is 0.507. The lowest BCUT2D eigenvalue weighted by atomic mass is 9.88. The lowest BCUT2D eigenvalue weighted by Crippen LogP contribution is -2.07. The second-order valence-corrected chi connectivity index (χ2v) is 10.5. The molecule has 1 saturated carbocycles. The van der Waals surface area contributed by atoms with Gasteiger partial charge < -0.3 is 0 Å². The van der Waals surface area contributed by atoms with E-state index in [4.69, 9.17) is 9.97 Å². The first-order chi connectivity index (χ1) is 18.0. The molecule has 0 aliphatic heterocycles. The molecule has 2 aliphatic carbocycles. The summed E-state index contributed by atoms with van der Waals surface area (Å²) in [6, 6.07) is 15.4. The molecular formula is C30H29N7. The van der Waals surface area contributed by atoms with Crippen LogP contribution in [-0.4, -0.2) is 35.2 Å². The van der Waals surface area contributed by atoms with Crippen LogP contribution in [0.3, 0.4) is 0 Å². The van der Waals surface area contributed by atoms with Crippen molar-refractivity contribution in [3.05, 3.63) is 93.2 Å². The summed E-state index contributed by atoms with van der Waals surface area (Å²) in [6.45, 7) is 8.57. The topological polar surface area (TPSA) is 85.2 Å². The maximum absolute atomic E-state index is 5.14. The predicted octanol–water partition coefficient (Wildman–Crippen LogP) is 5.81. The van der Waals surface area contributed by atoms with Crippen LogP contribution in [0.4, 0.5) is 0 Å². The SMILES string of the molecule is C/C(=C1/c2ccccc2CCc2c1ccc(-n1c(C3CC3)nc3c(C)cc(C)nc31)c2C)c1nn[nH]n1. The molecule has 0 saturated heterocycles. The second kappa shape index (κ2) is 8.20. The predicted molar refractivity (Wildman–Crippen MR) is 145 cm³/mol. The van der Waals surface area contributed by atoms with Crippen molar-refractivity contribution in [1.82, 2.24) is 35.2 Å². The highest BCUT2D eigenvalue weighted by molar-refractivity contribution is 5.99. The number of hydrogen-bond donors (Lipinski definition) is 1. The fourth-order valence-electron chi connectivity index (χ4n) is 6.00. The van der Waals surface area contributed by atoms with Crippen LogP contribution in [0.25, 0.3) is 28.0 Å². The molecule has 184 valence electrons. The van der Waals surface area contributed by atoms with E-state index in [1.54, 1.807) is 0 Å². The summed E-state index contributed by atoms with van der Waals surface area (Å²) in [5, 5.41) is 15.1. The number of H-pyrrole nitrogens is 1. The Bertz CT molecular complexity index is 1720. The quantitative estimate of drug-likeness (QED) is 0.347. The van der Waals surface area contributed by atoms with Gasteiger partial charge in [0.05, 0.1) is 5.69 Å². The van der Waals surface area contributed by atoms with Gasteiger partial charge >= 0.3 is 0 Å². The van der Waals surface area contributed by atoms with Crippen molar-refractivity contribution < 1.29 is 0 Å². The minimum Gasteiger partial charge on any atom is -0.280 e. The number of benzene rings is 2. The van der Waals surface area contributed by atoms with Crippen molar-refractivity contribution in [2.45, 2.75) is 59.3 Å². The largest absolute Gasteiger partial charge is 0.280 e. The van der Waals surface area contributed by atoms with Gasteiger partial charge in [0.1, 0.15) is 11.3 Å². The van der Waals surface area contributed by atoms with Crippen LogP contribution >= 0.6 is 0 Å². The highest BCUT2D eigenvalue weighted by atomic mass is 15.5. The molecule has 0 atom stereocenters. The number of nitrogens with one attached hydrogen (secondary N) is 1. The van der Waals surface area contributed by atoms with E-state index in [2.05, 4.69) is 95.4 Å². The van der Waals surface area contributed by atoms with E-state index < -0.39 is 0 Å². The number of imidazole rings is 1. The van der Waals surface area contributed by atoms with Crippen molar-refractivity contribution in [3.8, 4) is 5.69 Å². The number of pyridine rings is 1. The Hall–Kier alpha value is -4.13. The first-order valence-corrected chi connectivity index (χ1v) is 13.0. The normalized spacial score (nSPS) is 16.4. The van der Waals surface area contributed by atoms with Crippen LogP contribution in [-0.2, 0) is 12.8 Å². The third-order valence-corrected chi connectivity index (χ3v) is 7.97. The molecule has 7 rings (SSSR count). The number of hydrogen-bond acceptors (Lipinski definition) is 5. The number of aromatic nitrogens is 7. The first kappa shape index (κ1) is 22.1. The van der Waals surface area contributed by atoms with Gasteiger partial charge in [0, 0.05) is 17.2 Å². The zero-order chi connectivity index (χ0) is 25.3. The monoisotopic (exact) mass is 487 g/mol. The highest BCUT2D eigenvalue weighted by Gasteiger charge is 2.32. The summed E-state index contributed by atoms with van der Waals surface area (Å²) in [4.78, 5) is 10.1. The van der Waals surface area contributed by atoms with E-state index in [1.165, 1.54) is 57.5 Å². The lowest BCUT2D eigenvalue weighted by Gasteiger charge is -2.19. The zero-order valence-corrected chi connectivity index (χ0v) is 21.6. The van der Waals surface area contributed by atoms with Crippen molar-refractivity contribution >= 4 is 22.3 Å². The lowest BCUT2D eigenvalue weighted by molar-refractivity contribution is 0.875. The molecule has 1 N–H and O–H groups in total. The first-order valence-electron chi connectivity index (χ1n) is 13.0. The number of aromatic amines is 1. The molecule has 2 aromatic carbocycles. The van der Waals surface area contributed by atoms with Crippen LogP contribution in [0.15, 0.2) is 42.5 Å². The number of rotatable bonds is 3. The van der Waals surface area contributed by atoms with Crippen molar-refractivity contribution in [2.75, 3.05) is 0 Å². The van der Waals surface area contributed by atoms with Gasteiger partial charge in [-0.3, -0.25) is 4.57 Å². The zero-order valence-electron chi connectivity index (χ0n) is 21.6. The number of nitrogens with zero attached hydrogens (tertiary/aromatic N) is 6. The van der Waals surface area contributed by atoms with Crippen LogP contribution < -0.4 is 0 Å². The number of fused-ring (bicyclic) bond motifs is 3. The van der Waals surface area contributed by atoms with Gasteiger partial charge in [0.15, 0.2) is 5.65 Å². The van der Waals surface area contributed by atoms with Crippen molar-refractivity contribution in [3.63, 3.8) is 0 Å². The van der Waals surface area contributed by atoms with E-state index in [0.29, 0.717) is 11.7 Å². The van der Waals surface area contributed by atoms with Crippen LogP contribution in [0.1, 0.15) is 76.4 Å². The second-order valence-electron chi connectivity index (χ2n) is 10.5. The molecule has 3 aromatic heterocycles. The van der Waals surface area contributed by atoms with Crippen LogP contribution in [0.2, 0.25) is 0 Å². The summed E-state index contributed by atoms with van der Waals surface area (Å²) in [5.74, 6) is 2.29. The molecule has 2 aliphatic rings. The van der Waals surface area contributed by atoms with Gasteiger partial charge in [-0.05, 0) is 110 Å². The summed E-state index contributed by atoms with van der Waals surface area (Å²) >= 11 is 0. The standard InChI is InChI=1S/C30H29N7/c1-16-15-17(2)31-30-27(16)32-29(21-9-10-21)37(30)25-14-13-24-22(18(25)3)12-11-20-7-5-6-8-23(20)26(24)19(4)28-33-35-36-34-28/h5-8,13-15,21H,9-12H2,1-4H3,(H,33,34,35,36)/b26-19+. The maximum Gasteiger partial charge on any atom is 0.201 e. The summed E-state index contributed by atoms with van der Waals surface area (Å²) in [7, 11) is 0. The summed E-state index contributed by atoms with van der Waals surface area (Å²) in [6.07, 6.45) is 4.33. The van der Waals surface area contributed by atoms with Gasteiger partial charge in [-0.25, -0.2) is 9.97 Å². The number of tetrazole rings is 1. The molecule has 3 heterocycles. The van der Waals surface area contributed by atoms with Gasteiger partial charge in [0.2, 0.25) is 5.82 Å². The van der Waals surface area contributed by atoms with Gasteiger partial charge in [-0.1, -0.05) is 30.3 Å². The number of aryl methyl sites for hydroxylation is 3. The average molecular weight is 488 g/mol. The fraction of sp³-hybridized carbons (Fsp3) is 0.300. The molecule has 7 nitrogen and oxygen atoms in total. The van der Waals surface area contributed by atoms with E-state index in [1.807, 2.05) is 0 Å². The molecule has 0 spiro atoms. The molecular weight excluding hydrogens is 458 g/mol. The van der Waals surface area contributed by atoms with E-state index in [-0.39, 0.29) is 0 Å². The molecule has 0 radical (unpaired) electrons. The highest BCUT2D eigenvalue weighted by Crippen LogP contribution is 2.44. The third kappa shape index (κ3) is 3.44. The van der Waals surface area contributed by atoms with Gasteiger partial charge in [-0.15, -0.1) is 10.2 Å². The molecule has 0 unspecified atom stereocenters. The molecule has 5 aromatic rings. The Morgan fingerprint density at radius 2 is 1.81 bits per heavy atom. The van der Waals surface area contributed by atoms with E-state index in [0.717, 1.165) is 41.1 Å². The van der Waals surface area contributed by atoms with E-state index >= 15 is 0 Å². The number of allylic oxidation sites excluding steroid dienone is 1. The third-order valence-electron chi connectivity index (χ3n) is 7.97. The van der Waals surface area contributed by atoms with Gasteiger partial charge in [0.25, 0.3) is 0 Å². The Morgan fingerprint density at radius 3 is 2.59 bits per heavy atom. The molecule has 37 heavy (non-hydrogen) atoms.